The number of para-hydroxylation sites is 1. The van der Waals surface area contributed by atoms with Crippen LogP contribution in [0.4, 0.5) is 0 Å². The van der Waals surface area contributed by atoms with Gasteiger partial charge in [-0.15, -0.1) is 11.6 Å². The van der Waals surface area contributed by atoms with Crippen molar-refractivity contribution in [2.75, 3.05) is 0 Å². The molecule has 1 heterocycles. The summed E-state index contributed by atoms with van der Waals surface area (Å²) in [6.45, 7) is 0. The lowest BCUT2D eigenvalue weighted by Crippen LogP contribution is -2.12. The van der Waals surface area contributed by atoms with Crippen molar-refractivity contribution < 1.29 is 5.11 Å². The lowest BCUT2D eigenvalue weighted by atomic mass is 9.99. The Morgan fingerprint density at radius 1 is 1.19 bits per heavy atom. The van der Waals surface area contributed by atoms with Crippen LogP contribution in [0.1, 0.15) is 17.0 Å². The highest BCUT2D eigenvalue weighted by Crippen LogP contribution is 2.26. The average Bonchev–Trinajstić information content (AvgIpc) is 2.69. The predicted octanol–water partition coefficient (Wildman–Crippen LogP) is 3.55. The number of halogens is 1. The van der Waals surface area contributed by atoms with Gasteiger partial charge in [0, 0.05) is 12.0 Å². The number of aromatic amines is 1. The molecule has 0 spiro atoms. The zero-order valence-electron chi connectivity index (χ0n) is 14.0. The highest BCUT2D eigenvalue weighted by Gasteiger charge is 2.18. The molecule has 27 heavy (non-hydrogen) atoms. The van der Waals surface area contributed by atoms with Crippen molar-refractivity contribution in [1.82, 2.24) is 9.97 Å². The molecular formula is C20H13ClN4O2. The summed E-state index contributed by atoms with van der Waals surface area (Å²) in [5, 5.41) is 28.9. The molecule has 3 aromatic rings. The quantitative estimate of drug-likeness (QED) is 0.410. The number of H-pyrrole nitrogens is 1. The van der Waals surface area contributed by atoms with Crippen LogP contribution in [0, 0.1) is 22.7 Å². The van der Waals surface area contributed by atoms with Gasteiger partial charge in [0.2, 0.25) is 0 Å². The number of benzene rings is 2. The fourth-order valence-corrected chi connectivity index (χ4v) is 2.89. The van der Waals surface area contributed by atoms with E-state index < -0.39 is 10.9 Å². The van der Waals surface area contributed by atoms with E-state index in [2.05, 4.69) is 9.97 Å². The Labute approximate surface area is 159 Å². The van der Waals surface area contributed by atoms with Crippen LogP contribution in [0.5, 0.6) is 0 Å². The van der Waals surface area contributed by atoms with Crippen LogP contribution in [-0.4, -0.2) is 20.5 Å². The summed E-state index contributed by atoms with van der Waals surface area (Å²) < 4.78 is 0. The Bertz CT molecular complexity index is 1180. The minimum Gasteiger partial charge on any atom is -0.506 e. The zero-order valence-corrected chi connectivity index (χ0v) is 14.7. The van der Waals surface area contributed by atoms with Crippen LogP contribution in [0.25, 0.3) is 22.2 Å². The third-order valence-electron chi connectivity index (χ3n) is 4.01. The Morgan fingerprint density at radius 3 is 2.63 bits per heavy atom. The second-order valence-corrected chi connectivity index (χ2v) is 6.25. The Kier molecular flexibility index (Phi) is 5.21. The first-order valence-electron chi connectivity index (χ1n) is 8.00. The maximum atomic E-state index is 12.3. The first-order chi connectivity index (χ1) is 13.0. The van der Waals surface area contributed by atoms with Gasteiger partial charge in [-0.05, 0) is 17.7 Å². The molecule has 0 fully saturated rings. The van der Waals surface area contributed by atoms with E-state index in [0.29, 0.717) is 22.0 Å². The second-order valence-electron chi connectivity index (χ2n) is 5.73. The number of aliphatic hydroxyl groups excluding tert-OH is 1. The molecule has 1 atom stereocenters. The summed E-state index contributed by atoms with van der Waals surface area (Å²) in [6, 6.07) is 17.3. The average molecular weight is 377 g/mol. The third-order valence-corrected chi connectivity index (χ3v) is 4.26. The van der Waals surface area contributed by atoms with E-state index in [1.54, 1.807) is 48.5 Å². The van der Waals surface area contributed by atoms with Gasteiger partial charge in [0.05, 0.1) is 17.0 Å². The Morgan fingerprint density at radius 2 is 1.89 bits per heavy atom. The van der Waals surface area contributed by atoms with Crippen LogP contribution in [-0.2, 0) is 6.42 Å². The molecule has 1 unspecified atom stereocenters. The molecule has 0 saturated carbocycles. The maximum Gasteiger partial charge on any atom is 0.259 e. The first-order valence-corrected chi connectivity index (χ1v) is 8.43. The van der Waals surface area contributed by atoms with E-state index in [-0.39, 0.29) is 23.6 Å². The number of hydrogen-bond acceptors (Lipinski definition) is 5. The summed E-state index contributed by atoms with van der Waals surface area (Å²) in [4.78, 5) is 19.1. The van der Waals surface area contributed by atoms with E-state index in [0.717, 1.165) is 0 Å². The highest BCUT2D eigenvalue weighted by atomic mass is 35.5. The molecule has 0 aliphatic carbocycles. The van der Waals surface area contributed by atoms with Crippen LogP contribution in [0.2, 0.25) is 0 Å². The van der Waals surface area contributed by atoms with E-state index in [1.165, 1.54) is 0 Å². The van der Waals surface area contributed by atoms with Gasteiger partial charge < -0.3 is 10.1 Å². The molecule has 7 heteroatoms. The fraction of sp³-hybridized carbons (Fsp3) is 0.100. The number of nitrogens with zero attached hydrogens (tertiary/aromatic N) is 3. The van der Waals surface area contributed by atoms with Crippen LogP contribution < -0.4 is 5.56 Å². The molecule has 3 rings (SSSR count). The van der Waals surface area contributed by atoms with Crippen molar-refractivity contribution in [2.24, 2.45) is 0 Å². The SMILES string of the molecule is N#C/C(=C(/O)c1ccccc1CC(Cl)C#N)c1nc2ccccc2c(=O)[nH]1. The molecule has 0 aliphatic heterocycles. The molecule has 2 N–H and O–H groups in total. The van der Waals surface area contributed by atoms with Crippen molar-refractivity contribution in [3.8, 4) is 12.1 Å². The third kappa shape index (κ3) is 3.67. The number of allylic oxidation sites excluding steroid dienone is 1. The van der Waals surface area contributed by atoms with E-state index in [1.807, 2.05) is 12.1 Å². The van der Waals surface area contributed by atoms with E-state index in [4.69, 9.17) is 16.9 Å². The molecule has 6 nitrogen and oxygen atoms in total. The Hall–Kier alpha value is -3.61. The van der Waals surface area contributed by atoms with E-state index >= 15 is 0 Å². The number of aliphatic hydroxyl groups is 1. The summed E-state index contributed by atoms with van der Waals surface area (Å²) in [5.74, 6) is -0.371. The lowest BCUT2D eigenvalue weighted by Gasteiger charge is -2.11. The topological polar surface area (TPSA) is 114 Å². The van der Waals surface area contributed by atoms with Gasteiger partial charge in [-0.25, -0.2) is 4.98 Å². The van der Waals surface area contributed by atoms with Gasteiger partial charge in [0.25, 0.3) is 5.56 Å². The monoisotopic (exact) mass is 376 g/mol. The van der Waals surface area contributed by atoms with Crippen molar-refractivity contribution >= 4 is 33.8 Å². The fourth-order valence-electron chi connectivity index (χ4n) is 2.73. The van der Waals surface area contributed by atoms with Crippen molar-refractivity contribution in [3.63, 3.8) is 0 Å². The minimum absolute atomic E-state index is 0.0313. The standard InChI is InChI=1S/C20H13ClN4O2/c21-13(10-22)9-12-5-1-2-6-14(12)18(26)16(11-23)19-24-17-8-4-3-7-15(17)20(27)25-19/h1-8,13,26H,9H2,(H,24,25,27)/b18-16-. The minimum atomic E-state index is -0.775. The van der Waals surface area contributed by atoms with Gasteiger partial charge in [0.1, 0.15) is 22.8 Å². The van der Waals surface area contributed by atoms with Crippen LogP contribution >= 0.6 is 11.6 Å². The maximum absolute atomic E-state index is 12.3. The van der Waals surface area contributed by atoms with Crippen LogP contribution in [0.3, 0.4) is 0 Å². The van der Waals surface area contributed by atoms with Gasteiger partial charge in [0.15, 0.2) is 5.82 Å². The Balaban J connectivity index is 2.18. The number of alkyl halides is 1. The number of hydrogen-bond donors (Lipinski definition) is 2. The molecule has 2 aromatic carbocycles. The summed E-state index contributed by atoms with van der Waals surface area (Å²) >= 11 is 5.91. The van der Waals surface area contributed by atoms with Gasteiger partial charge >= 0.3 is 0 Å². The molecule has 132 valence electrons. The van der Waals surface area contributed by atoms with Gasteiger partial charge in [-0.3, -0.25) is 4.79 Å². The largest absolute Gasteiger partial charge is 0.506 e. The highest BCUT2D eigenvalue weighted by molar-refractivity contribution is 6.22. The molecular weight excluding hydrogens is 364 g/mol. The molecule has 0 radical (unpaired) electrons. The zero-order chi connectivity index (χ0) is 19.4. The molecule has 0 bridgehead atoms. The van der Waals surface area contributed by atoms with Crippen LogP contribution in [0.15, 0.2) is 53.3 Å². The number of rotatable bonds is 4. The smallest absolute Gasteiger partial charge is 0.259 e. The number of nitrogens with one attached hydrogen (secondary N) is 1. The molecule has 1 aromatic heterocycles. The molecule has 0 aliphatic rings. The second kappa shape index (κ2) is 7.74. The number of aromatic nitrogens is 2. The van der Waals surface area contributed by atoms with E-state index in [9.17, 15) is 15.2 Å². The predicted molar refractivity (Wildman–Crippen MR) is 103 cm³/mol. The number of fused-ring (bicyclic) bond motifs is 1. The summed E-state index contributed by atoms with van der Waals surface area (Å²) in [7, 11) is 0. The first kappa shape index (κ1) is 18.2. The molecule has 0 amide bonds. The summed E-state index contributed by atoms with van der Waals surface area (Å²) in [6.07, 6.45) is 0.193. The van der Waals surface area contributed by atoms with Crippen molar-refractivity contribution in [2.45, 2.75) is 11.8 Å². The lowest BCUT2D eigenvalue weighted by molar-refractivity contribution is 0.512. The van der Waals surface area contributed by atoms with Crippen molar-refractivity contribution in [3.05, 3.63) is 75.8 Å². The van der Waals surface area contributed by atoms with Gasteiger partial charge in [-0.1, -0.05) is 36.4 Å². The van der Waals surface area contributed by atoms with Crippen molar-refractivity contribution in [1.29, 1.82) is 10.5 Å². The molecule has 0 saturated heterocycles. The van der Waals surface area contributed by atoms with Gasteiger partial charge in [-0.2, -0.15) is 10.5 Å². The number of nitriles is 2. The normalized spacial score (nSPS) is 12.7. The summed E-state index contributed by atoms with van der Waals surface area (Å²) in [5.41, 5.74) is 0.789.